The second kappa shape index (κ2) is 5.74. The molecule has 2 rings (SSSR count). The number of aryl methyl sites for hydroxylation is 1. The van der Waals surface area contributed by atoms with Gasteiger partial charge in [-0.05, 0) is 49.7 Å². The van der Waals surface area contributed by atoms with Crippen LogP contribution in [0, 0.1) is 12.7 Å². The number of carbonyl (C=O) groups excluding carboxylic acids is 1. The summed E-state index contributed by atoms with van der Waals surface area (Å²) in [7, 11) is 0. The Morgan fingerprint density at radius 3 is 2.65 bits per heavy atom. The molecular weight excluding hydrogens is 255 g/mol. The zero-order valence-electron chi connectivity index (χ0n) is 11.6. The lowest BCUT2D eigenvalue weighted by Crippen LogP contribution is -2.31. The van der Waals surface area contributed by atoms with Crippen molar-refractivity contribution in [2.75, 3.05) is 17.2 Å². The molecule has 20 heavy (non-hydrogen) atoms. The van der Waals surface area contributed by atoms with Gasteiger partial charge in [-0.3, -0.25) is 4.79 Å². The second-order valence-electron chi connectivity index (χ2n) is 4.62. The topological polar surface area (TPSA) is 46.3 Å². The predicted molar refractivity (Wildman–Crippen MR) is 79.3 cm³/mol. The first-order valence-electron chi connectivity index (χ1n) is 6.46. The summed E-state index contributed by atoms with van der Waals surface area (Å²) in [4.78, 5) is 14.1. The van der Waals surface area contributed by atoms with Gasteiger partial charge in [-0.1, -0.05) is 12.1 Å². The number of anilines is 2. The van der Waals surface area contributed by atoms with Crippen molar-refractivity contribution in [2.24, 2.45) is 0 Å². The molecule has 0 atom stereocenters. The molecule has 4 heteroatoms. The Balaban J connectivity index is 2.41. The first-order valence-corrected chi connectivity index (χ1v) is 6.46. The fourth-order valence-electron chi connectivity index (χ4n) is 2.10. The fourth-order valence-corrected chi connectivity index (χ4v) is 2.10. The Morgan fingerprint density at radius 1 is 1.25 bits per heavy atom. The third kappa shape index (κ3) is 2.79. The van der Waals surface area contributed by atoms with Crippen LogP contribution < -0.4 is 10.6 Å². The number of benzene rings is 2. The van der Waals surface area contributed by atoms with Gasteiger partial charge in [-0.25, -0.2) is 4.39 Å². The summed E-state index contributed by atoms with van der Waals surface area (Å²) in [6.45, 7) is 4.31. The van der Waals surface area contributed by atoms with Crippen molar-refractivity contribution in [3.63, 3.8) is 0 Å². The highest BCUT2D eigenvalue weighted by Gasteiger charge is 2.19. The number of nitrogens with zero attached hydrogens (tertiary/aromatic N) is 1. The standard InChI is InChI=1S/C16H17FN2O/c1-3-19(13-6-4-5-11(2)9-13)16(20)14-10-12(17)7-8-15(14)18/h4-10H,3,18H2,1-2H3. The number of rotatable bonds is 3. The smallest absolute Gasteiger partial charge is 0.260 e. The summed E-state index contributed by atoms with van der Waals surface area (Å²) >= 11 is 0. The molecule has 0 bridgehead atoms. The maximum absolute atomic E-state index is 13.3. The van der Waals surface area contributed by atoms with Gasteiger partial charge in [0.15, 0.2) is 0 Å². The van der Waals surface area contributed by atoms with Crippen molar-refractivity contribution in [1.29, 1.82) is 0 Å². The molecule has 0 aliphatic heterocycles. The molecule has 0 saturated carbocycles. The molecule has 0 aliphatic rings. The molecule has 0 unspecified atom stereocenters. The summed E-state index contributed by atoms with van der Waals surface area (Å²) in [5.74, 6) is -0.766. The number of nitrogen functional groups attached to an aromatic ring is 1. The van der Waals surface area contributed by atoms with Crippen LogP contribution in [0.2, 0.25) is 0 Å². The highest BCUT2D eigenvalue weighted by molar-refractivity contribution is 6.09. The predicted octanol–water partition coefficient (Wildman–Crippen LogP) is 3.38. The van der Waals surface area contributed by atoms with E-state index in [4.69, 9.17) is 5.73 Å². The van der Waals surface area contributed by atoms with Crippen molar-refractivity contribution in [1.82, 2.24) is 0 Å². The van der Waals surface area contributed by atoms with Gasteiger partial charge in [0.1, 0.15) is 5.82 Å². The van der Waals surface area contributed by atoms with Crippen LogP contribution in [0.5, 0.6) is 0 Å². The molecule has 0 spiro atoms. The number of nitrogens with two attached hydrogens (primary N) is 1. The second-order valence-corrected chi connectivity index (χ2v) is 4.62. The van der Waals surface area contributed by atoms with E-state index in [1.807, 2.05) is 38.1 Å². The minimum atomic E-state index is -0.470. The summed E-state index contributed by atoms with van der Waals surface area (Å²) in [5, 5.41) is 0. The molecule has 0 heterocycles. The molecule has 0 radical (unpaired) electrons. The minimum absolute atomic E-state index is 0.188. The Bertz CT molecular complexity index is 640. The van der Waals surface area contributed by atoms with Crippen LogP contribution in [0.15, 0.2) is 42.5 Å². The van der Waals surface area contributed by atoms with Crippen molar-refractivity contribution in [2.45, 2.75) is 13.8 Å². The van der Waals surface area contributed by atoms with Gasteiger partial charge < -0.3 is 10.6 Å². The Labute approximate surface area is 117 Å². The first kappa shape index (κ1) is 14.1. The van der Waals surface area contributed by atoms with E-state index in [1.54, 1.807) is 4.90 Å². The number of amides is 1. The molecule has 0 aliphatic carbocycles. The van der Waals surface area contributed by atoms with E-state index in [2.05, 4.69) is 0 Å². The summed E-state index contributed by atoms with van der Waals surface area (Å²) in [6, 6.07) is 11.4. The van der Waals surface area contributed by atoms with E-state index < -0.39 is 5.82 Å². The van der Waals surface area contributed by atoms with Crippen molar-refractivity contribution >= 4 is 17.3 Å². The molecule has 0 saturated heterocycles. The summed E-state index contributed by atoms with van der Waals surface area (Å²) in [5.41, 5.74) is 8.08. The highest BCUT2D eigenvalue weighted by Crippen LogP contribution is 2.21. The van der Waals surface area contributed by atoms with E-state index in [0.717, 1.165) is 11.3 Å². The van der Waals surface area contributed by atoms with Crippen LogP contribution in [0.4, 0.5) is 15.8 Å². The SMILES string of the molecule is CCN(C(=O)c1cc(F)ccc1N)c1cccc(C)c1. The van der Waals surface area contributed by atoms with Crippen LogP contribution >= 0.6 is 0 Å². The lowest BCUT2D eigenvalue weighted by atomic mass is 10.1. The van der Waals surface area contributed by atoms with Crippen molar-refractivity contribution in [3.8, 4) is 0 Å². The summed E-state index contributed by atoms with van der Waals surface area (Å²) in [6.07, 6.45) is 0. The van der Waals surface area contributed by atoms with E-state index in [1.165, 1.54) is 18.2 Å². The lowest BCUT2D eigenvalue weighted by Gasteiger charge is -2.22. The van der Waals surface area contributed by atoms with E-state index >= 15 is 0 Å². The molecular formula is C16H17FN2O. The molecule has 0 fully saturated rings. The third-order valence-corrected chi connectivity index (χ3v) is 3.12. The zero-order chi connectivity index (χ0) is 14.7. The Kier molecular flexibility index (Phi) is 4.03. The molecule has 2 aromatic rings. The van der Waals surface area contributed by atoms with Gasteiger partial charge in [0.25, 0.3) is 5.91 Å². The van der Waals surface area contributed by atoms with Crippen molar-refractivity contribution < 1.29 is 9.18 Å². The van der Waals surface area contributed by atoms with E-state index in [0.29, 0.717) is 6.54 Å². The van der Waals surface area contributed by atoms with Crippen LogP contribution in [-0.2, 0) is 0 Å². The molecule has 2 aromatic carbocycles. The number of carbonyl (C=O) groups is 1. The zero-order valence-corrected chi connectivity index (χ0v) is 11.6. The lowest BCUT2D eigenvalue weighted by molar-refractivity contribution is 0.0988. The van der Waals surface area contributed by atoms with Crippen LogP contribution in [-0.4, -0.2) is 12.5 Å². The third-order valence-electron chi connectivity index (χ3n) is 3.12. The van der Waals surface area contributed by atoms with Gasteiger partial charge >= 0.3 is 0 Å². The maximum atomic E-state index is 13.3. The first-order chi connectivity index (χ1) is 9.52. The average Bonchev–Trinajstić information content (AvgIpc) is 2.42. The molecule has 104 valence electrons. The fraction of sp³-hybridized carbons (Fsp3) is 0.188. The maximum Gasteiger partial charge on any atom is 0.260 e. The van der Waals surface area contributed by atoms with Gasteiger partial charge in [0.05, 0.1) is 5.56 Å². The van der Waals surface area contributed by atoms with E-state index in [9.17, 15) is 9.18 Å². The van der Waals surface area contributed by atoms with Crippen LogP contribution in [0.25, 0.3) is 0 Å². The van der Waals surface area contributed by atoms with Crippen LogP contribution in [0.3, 0.4) is 0 Å². The van der Waals surface area contributed by atoms with Gasteiger partial charge in [0, 0.05) is 17.9 Å². The minimum Gasteiger partial charge on any atom is -0.398 e. The van der Waals surface area contributed by atoms with Gasteiger partial charge in [-0.15, -0.1) is 0 Å². The largest absolute Gasteiger partial charge is 0.398 e. The molecule has 1 amide bonds. The van der Waals surface area contributed by atoms with Gasteiger partial charge in [0.2, 0.25) is 0 Å². The van der Waals surface area contributed by atoms with Crippen LogP contribution in [0.1, 0.15) is 22.8 Å². The van der Waals surface area contributed by atoms with Crippen molar-refractivity contribution in [3.05, 3.63) is 59.4 Å². The molecule has 3 nitrogen and oxygen atoms in total. The number of hydrogen-bond acceptors (Lipinski definition) is 2. The Hall–Kier alpha value is -2.36. The Morgan fingerprint density at radius 2 is 2.00 bits per heavy atom. The van der Waals surface area contributed by atoms with E-state index in [-0.39, 0.29) is 17.2 Å². The average molecular weight is 272 g/mol. The van der Waals surface area contributed by atoms with Gasteiger partial charge in [-0.2, -0.15) is 0 Å². The quantitative estimate of drug-likeness (QED) is 0.871. The summed E-state index contributed by atoms with van der Waals surface area (Å²) < 4.78 is 13.3. The monoisotopic (exact) mass is 272 g/mol. The highest BCUT2D eigenvalue weighted by atomic mass is 19.1. The molecule has 0 aromatic heterocycles. The number of halogens is 1. The molecule has 2 N–H and O–H groups in total. The normalized spacial score (nSPS) is 10.3. The number of hydrogen-bond donors (Lipinski definition) is 1.